The molecule has 0 saturated heterocycles. The van der Waals surface area contributed by atoms with E-state index in [0.29, 0.717) is 12.8 Å². The third-order valence-corrected chi connectivity index (χ3v) is 2.18. The van der Waals surface area contributed by atoms with Gasteiger partial charge in [0.15, 0.2) is 0 Å². The molecule has 4 heteroatoms. The minimum Gasteiger partial charge on any atom is -0.388 e. The topological polar surface area (TPSA) is 75.4 Å². The number of rotatable bonds is 5. The molecule has 0 heterocycles. The van der Waals surface area contributed by atoms with Crippen molar-refractivity contribution in [2.45, 2.75) is 45.3 Å². The van der Waals surface area contributed by atoms with Crippen LogP contribution in [0.5, 0.6) is 0 Å². The molecule has 0 aromatic carbocycles. The van der Waals surface area contributed by atoms with E-state index in [2.05, 4.69) is 5.32 Å². The Morgan fingerprint density at radius 3 is 2.54 bits per heavy atom. The Morgan fingerprint density at radius 1 is 1.62 bits per heavy atom. The van der Waals surface area contributed by atoms with Crippen LogP contribution in [0.25, 0.3) is 0 Å². The Morgan fingerprint density at radius 2 is 2.15 bits per heavy atom. The molecule has 1 amide bonds. The van der Waals surface area contributed by atoms with Gasteiger partial charge in [-0.1, -0.05) is 13.8 Å². The van der Waals surface area contributed by atoms with E-state index in [9.17, 15) is 9.90 Å². The highest BCUT2D eigenvalue weighted by molar-refractivity contribution is 5.81. The number of amides is 1. The molecular formula is C9H20N2O2. The lowest BCUT2D eigenvalue weighted by Crippen LogP contribution is -2.46. The van der Waals surface area contributed by atoms with Crippen molar-refractivity contribution in [3.05, 3.63) is 0 Å². The molecule has 0 spiro atoms. The van der Waals surface area contributed by atoms with Gasteiger partial charge in [0, 0.05) is 6.54 Å². The van der Waals surface area contributed by atoms with E-state index >= 15 is 0 Å². The van der Waals surface area contributed by atoms with Gasteiger partial charge in [0.25, 0.3) is 0 Å². The maximum absolute atomic E-state index is 11.2. The molecule has 4 N–H and O–H groups in total. The molecule has 0 bridgehead atoms. The number of nitrogens with two attached hydrogens (primary N) is 1. The van der Waals surface area contributed by atoms with Crippen LogP contribution < -0.4 is 11.1 Å². The molecule has 0 radical (unpaired) electrons. The van der Waals surface area contributed by atoms with Gasteiger partial charge in [-0.25, -0.2) is 0 Å². The maximum atomic E-state index is 11.2. The molecule has 2 unspecified atom stereocenters. The molecule has 0 fully saturated rings. The average Bonchev–Trinajstić information content (AvgIpc) is 2.13. The summed E-state index contributed by atoms with van der Waals surface area (Å²) in [5.41, 5.74) is 4.66. The second-order valence-electron chi connectivity index (χ2n) is 3.58. The fraction of sp³-hybridized carbons (Fsp3) is 0.889. The van der Waals surface area contributed by atoms with Gasteiger partial charge in [-0.3, -0.25) is 4.79 Å². The highest BCUT2D eigenvalue weighted by Gasteiger charge is 2.19. The normalized spacial score (nSPS) is 17.6. The molecule has 0 aliphatic carbocycles. The average molecular weight is 188 g/mol. The highest BCUT2D eigenvalue weighted by atomic mass is 16.3. The highest BCUT2D eigenvalue weighted by Crippen LogP contribution is 2.05. The van der Waals surface area contributed by atoms with E-state index in [1.807, 2.05) is 13.8 Å². The Kier molecular flexibility index (Phi) is 4.95. The van der Waals surface area contributed by atoms with Gasteiger partial charge in [-0.2, -0.15) is 0 Å². The Balaban J connectivity index is 3.83. The van der Waals surface area contributed by atoms with Crippen molar-refractivity contribution >= 4 is 5.91 Å². The SMILES string of the molecule is CCC(N)C(=O)NCC(C)(O)CC. The van der Waals surface area contributed by atoms with Crippen molar-refractivity contribution in [2.24, 2.45) is 5.73 Å². The van der Waals surface area contributed by atoms with Crippen LogP contribution in [0.3, 0.4) is 0 Å². The van der Waals surface area contributed by atoms with E-state index in [0.717, 1.165) is 0 Å². The van der Waals surface area contributed by atoms with Crippen LogP contribution in [0.1, 0.15) is 33.6 Å². The number of hydrogen-bond donors (Lipinski definition) is 3. The van der Waals surface area contributed by atoms with Crippen molar-refractivity contribution in [3.63, 3.8) is 0 Å². The number of nitrogens with one attached hydrogen (secondary N) is 1. The fourth-order valence-corrected chi connectivity index (χ4v) is 0.719. The third-order valence-electron chi connectivity index (χ3n) is 2.18. The Bertz CT molecular complexity index is 169. The van der Waals surface area contributed by atoms with E-state index in [-0.39, 0.29) is 12.5 Å². The first-order chi connectivity index (χ1) is 5.93. The largest absolute Gasteiger partial charge is 0.388 e. The second kappa shape index (κ2) is 5.19. The quantitative estimate of drug-likeness (QED) is 0.568. The summed E-state index contributed by atoms with van der Waals surface area (Å²) in [6.07, 6.45) is 1.22. The molecule has 0 aromatic heterocycles. The number of aliphatic hydroxyl groups is 1. The molecular weight excluding hydrogens is 168 g/mol. The summed E-state index contributed by atoms with van der Waals surface area (Å²) >= 11 is 0. The zero-order valence-electron chi connectivity index (χ0n) is 8.63. The monoisotopic (exact) mass is 188 g/mol. The van der Waals surface area contributed by atoms with E-state index < -0.39 is 11.6 Å². The summed E-state index contributed by atoms with van der Waals surface area (Å²) in [5, 5.41) is 12.2. The van der Waals surface area contributed by atoms with Crippen molar-refractivity contribution in [2.75, 3.05) is 6.54 Å². The molecule has 78 valence electrons. The smallest absolute Gasteiger partial charge is 0.237 e. The minimum absolute atomic E-state index is 0.198. The molecule has 0 aliphatic heterocycles. The second-order valence-corrected chi connectivity index (χ2v) is 3.58. The summed E-state index contributed by atoms with van der Waals surface area (Å²) in [5.74, 6) is -0.198. The summed E-state index contributed by atoms with van der Waals surface area (Å²) in [4.78, 5) is 11.2. The standard InChI is InChI=1S/C9H20N2O2/c1-4-7(10)8(12)11-6-9(3,13)5-2/h7,13H,4-6,10H2,1-3H3,(H,11,12). The summed E-state index contributed by atoms with van der Waals surface area (Å²) in [7, 11) is 0. The minimum atomic E-state index is -0.830. The van der Waals surface area contributed by atoms with Gasteiger partial charge in [-0.05, 0) is 19.8 Å². The fourth-order valence-electron chi connectivity index (χ4n) is 0.719. The van der Waals surface area contributed by atoms with E-state index in [1.54, 1.807) is 6.92 Å². The first kappa shape index (κ1) is 12.4. The first-order valence-electron chi connectivity index (χ1n) is 4.68. The molecule has 4 nitrogen and oxygen atoms in total. The van der Waals surface area contributed by atoms with Crippen molar-refractivity contribution in [1.29, 1.82) is 0 Å². The molecule has 0 aliphatic rings. The van der Waals surface area contributed by atoms with Crippen LogP contribution in [0.15, 0.2) is 0 Å². The van der Waals surface area contributed by atoms with Crippen LogP contribution in [-0.2, 0) is 4.79 Å². The van der Waals surface area contributed by atoms with Crippen LogP contribution in [-0.4, -0.2) is 29.2 Å². The van der Waals surface area contributed by atoms with E-state index in [1.165, 1.54) is 0 Å². The molecule has 0 saturated carbocycles. The lowest BCUT2D eigenvalue weighted by molar-refractivity contribution is -0.123. The molecule has 0 aromatic rings. The lowest BCUT2D eigenvalue weighted by Gasteiger charge is -2.22. The van der Waals surface area contributed by atoms with Crippen molar-refractivity contribution in [3.8, 4) is 0 Å². The van der Waals surface area contributed by atoms with Gasteiger partial charge in [0.2, 0.25) is 5.91 Å². The summed E-state index contributed by atoms with van der Waals surface area (Å²) < 4.78 is 0. The lowest BCUT2D eigenvalue weighted by atomic mass is 10.0. The van der Waals surface area contributed by atoms with E-state index in [4.69, 9.17) is 5.73 Å². The Hall–Kier alpha value is -0.610. The predicted octanol–water partition coefficient (Wildman–Crippen LogP) is 0.000900. The predicted molar refractivity (Wildman–Crippen MR) is 52.2 cm³/mol. The van der Waals surface area contributed by atoms with Gasteiger partial charge >= 0.3 is 0 Å². The molecule has 13 heavy (non-hydrogen) atoms. The van der Waals surface area contributed by atoms with Gasteiger partial charge in [-0.15, -0.1) is 0 Å². The third kappa shape index (κ3) is 4.85. The summed E-state index contributed by atoms with van der Waals surface area (Å²) in [6, 6.07) is -0.465. The molecule has 0 rings (SSSR count). The summed E-state index contributed by atoms with van der Waals surface area (Å²) in [6.45, 7) is 5.66. The number of hydrogen-bond acceptors (Lipinski definition) is 3. The number of carbonyl (C=O) groups is 1. The first-order valence-corrected chi connectivity index (χ1v) is 4.68. The zero-order valence-corrected chi connectivity index (χ0v) is 8.63. The van der Waals surface area contributed by atoms with Gasteiger partial charge < -0.3 is 16.2 Å². The van der Waals surface area contributed by atoms with Crippen LogP contribution in [0.4, 0.5) is 0 Å². The zero-order chi connectivity index (χ0) is 10.5. The van der Waals surface area contributed by atoms with Gasteiger partial charge in [0.1, 0.15) is 0 Å². The van der Waals surface area contributed by atoms with Crippen LogP contribution in [0.2, 0.25) is 0 Å². The van der Waals surface area contributed by atoms with Crippen molar-refractivity contribution in [1.82, 2.24) is 5.32 Å². The molecule has 2 atom stereocenters. The van der Waals surface area contributed by atoms with Crippen LogP contribution in [0, 0.1) is 0 Å². The Labute approximate surface area is 79.5 Å². The van der Waals surface area contributed by atoms with Crippen LogP contribution >= 0.6 is 0 Å². The van der Waals surface area contributed by atoms with Crippen molar-refractivity contribution < 1.29 is 9.90 Å². The van der Waals surface area contributed by atoms with Gasteiger partial charge in [0.05, 0.1) is 11.6 Å². The number of carbonyl (C=O) groups excluding carboxylic acids is 1. The maximum Gasteiger partial charge on any atom is 0.237 e.